The number of nitrogens with zero attached hydrogens (tertiary/aromatic N) is 3. The van der Waals surface area contributed by atoms with E-state index in [9.17, 15) is 0 Å². The van der Waals surface area contributed by atoms with Crippen molar-refractivity contribution in [1.29, 1.82) is 0 Å². The first-order chi connectivity index (χ1) is 20.6. The predicted molar refractivity (Wildman–Crippen MR) is 149 cm³/mol. The van der Waals surface area contributed by atoms with Crippen LogP contribution in [0.5, 0.6) is 0 Å². The van der Waals surface area contributed by atoms with Crippen molar-refractivity contribution in [2.45, 2.75) is 13.7 Å². The van der Waals surface area contributed by atoms with Crippen LogP contribution in [0.25, 0.3) is 55.4 Å². The zero-order valence-corrected chi connectivity index (χ0v) is 22.3. The van der Waals surface area contributed by atoms with Crippen molar-refractivity contribution in [3.05, 3.63) is 127 Å². The number of rotatable bonds is 2. The van der Waals surface area contributed by atoms with Crippen molar-refractivity contribution >= 4 is 32.8 Å². The molecule has 187 valence electrons. The van der Waals surface area contributed by atoms with Crippen LogP contribution in [0.3, 0.4) is 0 Å². The van der Waals surface area contributed by atoms with E-state index < -0.39 is 13.7 Å². The Labute approximate surface area is 243 Å². The van der Waals surface area contributed by atoms with Gasteiger partial charge in [0.15, 0.2) is 0 Å². The van der Waals surface area contributed by atoms with E-state index in [1.807, 2.05) is 60.7 Å². The Balaban J connectivity index is 0.000000248. The maximum Gasteiger partial charge on any atom is 0.147 e. The third-order valence-electron chi connectivity index (χ3n) is 5.93. The van der Waals surface area contributed by atoms with Gasteiger partial charge in [0.2, 0.25) is 0 Å². The molecule has 38 heavy (non-hydrogen) atoms. The maximum atomic E-state index is 7.66. The van der Waals surface area contributed by atoms with Crippen molar-refractivity contribution in [2.24, 2.45) is 0 Å². The predicted octanol–water partition coefficient (Wildman–Crippen LogP) is 8.16. The largest absolute Gasteiger partial charge is 0.498 e. The molecule has 0 N–H and O–H groups in total. The summed E-state index contributed by atoms with van der Waals surface area (Å²) < 4.78 is 51.7. The molecule has 0 aliphatic rings. The van der Waals surface area contributed by atoms with Gasteiger partial charge < -0.3 is 14.4 Å². The quantitative estimate of drug-likeness (QED) is 0.174. The summed E-state index contributed by atoms with van der Waals surface area (Å²) in [5.41, 5.74) is 4.76. The Kier molecular flexibility index (Phi) is 5.52. The van der Waals surface area contributed by atoms with E-state index >= 15 is 0 Å². The number of aromatic nitrogens is 3. The van der Waals surface area contributed by atoms with Gasteiger partial charge in [0.05, 0.1) is 5.58 Å². The summed E-state index contributed by atoms with van der Waals surface area (Å²) in [5, 5.41) is 2.38. The smallest absolute Gasteiger partial charge is 0.147 e. The first kappa shape index (κ1) is 19.0. The fraction of sp³-hybridized carbons (Fsp3) is 0.0606. The second-order valence-corrected chi connectivity index (χ2v) is 8.33. The monoisotopic (exact) mass is 676 g/mol. The first-order valence-corrected chi connectivity index (χ1v) is 11.6. The molecule has 7 aromatic rings. The summed E-state index contributed by atoms with van der Waals surface area (Å²) in [6.45, 7) is -4.55. The number of fused-ring (bicyclic) bond motifs is 5. The van der Waals surface area contributed by atoms with Crippen molar-refractivity contribution in [1.82, 2.24) is 15.0 Å². The molecular formula is C33H23IrN3O-2. The Morgan fingerprint density at radius 1 is 0.737 bits per heavy atom. The van der Waals surface area contributed by atoms with Gasteiger partial charge in [-0.1, -0.05) is 53.4 Å². The minimum Gasteiger partial charge on any atom is -0.498 e. The van der Waals surface area contributed by atoms with E-state index in [2.05, 4.69) is 27.1 Å². The number of benzene rings is 3. The van der Waals surface area contributed by atoms with Crippen LogP contribution in [0.1, 0.15) is 19.5 Å². The molecule has 0 saturated heterocycles. The summed E-state index contributed by atoms with van der Waals surface area (Å²) >= 11 is 0. The van der Waals surface area contributed by atoms with E-state index in [4.69, 9.17) is 12.6 Å². The first-order valence-electron chi connectivity index (χ1n) is 14.6. The average Bonchev–Trinajstić information content (AvgIpc) is 3.41. The summed E-state index contributed by atoms with van der Waals surface area (Å²) in [7, 11) is 0. The molecule has 7 rings (SSSR count). The summed E-state index contributed by atoms with van der Waals surface area (Å²) in [4.78, 5) is 12.9. The molecule has 0 aliphatic heterocycles. The van der Waals surface area contributed by atoms with E-state index in [0.29, 0.717) is 27.9 Å². The molecule has 0 saturated carbocycles. The number of pyridine rings is 3. The molecule has 4 aromatic heterocycles. The standard InChI is InChI=1S/C22H15N2O.C11H8N.Ir/c1-13-6-11-19(23-12-13)18-5-3-4-16-17-10-9-15-8-7-14(2)24-20(15)22(17)25-21(16)18;1-2-6-10(7-3-1)11-8-4-5-9-12-11;/h3-4,6-12H,1-2H3;1-6,8-9H;/q2*-1;/i1D3,2D3;;. The summed E-state index contributed by atoms with van der Waals surface area (Å²) in [5.74, 6) is 0. The van der Waals surface area contributed by atoms with Gasteiger partial charge in [0.1, 0.15) is 11.1 Å². The molecule has 0 bridgehead atoms. The molecule has 4 nitrogen and oxygen atoms in total. The van der Waals surface area contributed by atoms with Gasteiger partial charge >= 0.3 is 0 Å². The van der Waals surface area contributed by atoms with E-state index in [1.165, 1.54) is 18.3 Å². The van der Waals surface area contributed by atoms with E-state index in [1.54, 1.807) is 24.4 Å². The fourth-order valence-electron chi connectivity index (χ4n) is 4.19. The molecule has 0 atom stereocenters. The molecule has 0 amide bonds. The van der Waals surface area contributed by atoms with Gasteiger partial charge in [-0.15, -0.1) is 54.1 Å². The van der Waals surface area contributed by atoms with Crippen LogP contribution < -0.4 is 0 Å². The minimum atomic E-state index is -2.32. The van der Waals surface area contributed by atoms with Crippen LogP contribution in [0, 0.1) is 25.8 Å². The van der Waals surface area contributed by atoms with Crippen LogP contribution in [-0.2, 0) is 20.1 Å². The second-order valence-electron chi connectivity index (χ2n) is 8.33. The molecule has 4 heterocycles. The number of hydrogen-bond donors (Lipinski definition) is 0. The van der Waals surface area contributed by atoms with Gasteiger partial charge in [-0.25, -0.2) is 4.98 Å². The summed E-state index contributed by atoms with van der Waals surface area (Å²) in [6.07, 6.45) is 3.12. The third-order valence-corrected chi connectivity index (χ3v) is 5.93. The van der Waals surface area contributed by atoms with Crippen LogP contribution in [0.4, 0.5) is 0 Å². The van der Waals surface area contributed by atoms with E-state index in [0.717, 1.165) is 27.4 Å². The SMILES string of the molecule is [2H]C([2H])([2H])c1ccc(-c2[c-]ccc3c2oc2c3ccc3ccc(C([2H])([2H])[2H])nc32)nc1.[Ir].[c-]1ccccc1-c1ccccn1. The molecule has 0 spiro atoms. The van der Waals surface area contributed by atoms with Crippen LogP contribution >= 0.6 is 0 Å². The zero-order chi connectivity index (χ0) is 30.2. The number of aryl methyl sites for hydroxylation is 2. The molecule has 0 aliphatic carbocycles. The average molecular weight is 676 g/mol. The number of hydrogen-bond acceptors (Lipinski definition) is 4. The summed E-state index contributed by atoms with van der Waals surface area (Å²) in [6, 6.07) is 33.7. The van der Waals surface area contributed by atoms with Crippen LogP contribution in [0.15, 0.2) is 108 Å². The molecule has 1 radical (unpaired) electrons. The van der Waals surface area contributed by atoms with E-state index in [-0.39, 0.29) is 31.4 Å². The minimum absolute atomic E-state index is 0. The van der Waals surface area contributed by atoms with Gasteiger partial charge in [-0.05, 0) is 42.8 Å². The Morgan fingerprint density at radius 3 is 2.39 bits per heavy atom. The van der Waals surface area contributed by atoms with Crippen molar-refractivity contribution < 1.29 is 32.7 Å². The Bertz CT molecular complexity index is 2010. The van der Waals surface area contributed by atoms with Crippen LogP contribution in [0.2, 0.25) is 0 Å². The third kappa shape index (κ3) is 4.99. The van der Waals surface area contributed by atoms with Crippen molar-refractivity contribution in [3.8, 4) is 22.5 Å². The van der Waals surface area contributed by atoms with Crippen molar-refractivity contribution in [3.63, 3.8) is 0 Å². The maximum absolute atomic E-state index is 7.66. The van der Waals surface area contributed by atoms with Gasteiger partial charge in [-0.3, -0.25) is 0 Å². The van der Waals surface area contributed by atoms with Gasteiger partial charge in [0.25, 0.3) is 0 Å². The Morgan fingerprint density at radius 2 is 1.63 bits per heavy atom. The molecule has 0 fully saturated rings. The zero-order valence-electron chi connectivity index (χ0n) is 25.9. The van der Waals surface area contributed by atoms with Crippen LogP contribution in [-0.4, -0.2) is 15.0 Å². The second kappa shape index (κ2) is 11.1. The topological polar surface area (TPSA) is 51.8 Å². The normalized spacial score (nSPS) is 13.7. The Hall–Kier alpha value is -4.18. The number of furan rings is 1. The van der Waals surface area contributed by atoms with Gasteiger partial charge in [0, 0.05) is 57.2 Å². The fourth-order valence-corrected chi connectivity index (χ4v) is 4.19. The van der Waals surface area contributed by atoms with Crippen molar-refractivity contribution in [2.75, 3.05) is 0 Å². The van der Waals surface area contributed by atoms with Gasteiger partial charge in [-0.2, -0.15) is 0 Å². The molecule has 0 unspecified atom stereocenters. The molecular weight excluding hydrogens is 647 g/mol. The molecule has 5 heteroatoms. The molecule has 3 aromatic carbocycles.